The van der Waals surface area contributed by atoms with Crippen molar-refractivity contribution < 1.29 is 33.3 Å². The first-order chi connectivity index (χ1) is 22.4. The highest BCUT2D eigenvalue weighted by Crippen LogP contribution is 2.48. The number of aliphatic hydroxyl groups excluding tert-OH is 2. The maximum absolute atomic E-state index is 10.7. The third-order valence-electron chi connectivity index (χ3n) is 11.5. The van der Waals surface area contributed by atoms with Crippen molar-refractivity contribution >= 4 is 27.0 Å². The lowest BCUT2D eigenvalue weighted by Crippen LogP contribution is -2.69. The Bertz CT molecular complexity index is 1330. The molecule has 8 atom stereocenters. The van der Waals surface area contributed by atoms with E-state index < -0.39 is 34.4 Å². The van der Waals surface area contributed by atoms with Crippen molar-refractivity contribution in [2.75, 3.05) is 13.2 Å². The summed E-state index contributed by atoms with van der Waals surface area (Å²) in [6.45, 7) is 25.1. The average Bonchev–Trinajstić information content (AvgIpc) is 3.00. The summed E-state index contributed by atoms with van der Waals surface area (Å²) >= 11 is 0. The van der Waals surface area contributed by atoms with Crippen LogP contribution in [0.5, 0.6) is 0 Å². The molecule has 7 nitrogen and oxygen atoms in total. The number of fused-ring (bicyclic) bond motifs is 2. The van der Waals surface area contributed by atoms with Crippen molar-refractivity contribution in [3.05, 3.63) is 72.8 Å². The second-order valence-corrected chi connectivity index (χ2v) is 26.1. The van der Waals surface area contributed by atoms with Crippen molar-refractivity contribution in [3.63, 3.8) is 0 Å². The van der Waals surface area contributed by atoms with Crippen molar-refractivity contribution in [1.29, 1.82) is 0 Å². The molecule has 0 radical (unpaired) electrons. The summed E-state index contributed by atoms with van der Waals surface area (Å²) in [4.78, 5) is 0. The molecule has 0 saturated carbocycles. The van der Waals surface area contributed by atoms with Crippen molar-refractivity contribution in [1.82, 2.24) is 0 Å². The van der Waals surface area contributed by atoms with Gasteiger partial charge in [-0.15, -0.1) is 0 Å². The molecule has 3 saturated heterocycles. The maximum Gasteiger partial charge on any atom is 0.261 e. The SMILES string of the molecule is C=C(CO[Si](c1ccccc1)(c1ccccc1)C(C)(C)C)C[C@@H]1C[C@H](O[Si](C)(C)C(C)(C)C)[C@]2(C)O[C@@H]3C[C@H](O)[C@@H](CO)O[C@H]3C[C@H]2O1. The molecule has 3 aliphatic rings. The first-order valence-electron chi connectivity index (χ1n) is 17.8. The summed E-state index contributed by atoms with van der Waals surface area (Å²) in [5.74, 6) is 0. The molecule has 0 unspecified atom stereocenters. The molecule has 2 N–H and O–H groups in total. The summed E-state index contributed by atoms with van der Waals surface area (Å²) in [6.07, 6.45) is -0.170. The van der Waals surface area contributed by atoms with E-state index >= 15 is 0 Å². The number of benzene rings is 2. The number of hydrogen-bond donors (Lipinski definition) is 2. The average molecular weight is 697 g/mol. The fraction of sp³-hybridized carbons (Fsp3) is 0.641. The third kappa shape index (κ3) is 7.36. The molecule has 0 aliphatic carbocycles. The molecule has 0 bridgehead atoms. The van der Waals surface area contributed by atoms with Crippen molar-refractivity contribution in [3.8, 4) is 0 Å². The third-order valence-corrected chi connectivity index (χ3v) is 20.9. The molecule has 9 heteroatoms. The second kappa shape index (κ2) is 14.2. The molecule has 48 heavy (non-hydrogen) atoms. The molecule has 266 valence electrons. The Morgan fingerprint density at radius 1 is 0.875 bits per heavy atom. The molecule has 0 aromatic heterocycles. The van der Waals surface area contributed by atoms with Crippen LogP contribution < -0.4 is 10.4 Å². The molecule has 3 fully saturated rings. The Morgan fingerprint density at radius 3 is 1.98 bits per heavy atom. The minimum absolute atomic E-state index is 0.0234. The molecule has 5 rings (SSSR count). The molecule has 2 aromatic rings. The van der Waals surface area contributed by atoms with E-state index in [1.54, 1.807) is 0 Å². The number of aliphatic hydroxyl groups is 2. The molecule has 0 amide bonds. The van der Waals surface area contributed by atoms with Crippen LogP contribution in [0.4, 0.5) is 0 Å². The van der Waals surface area contributed by atoms with Crippen LogP contribution in [0.2, 0.25) is 23.2 Å². The van der Waals surface area contributed by atoms with Gasteiger partial charge < -0.3 is 33.3 Å². The first kappa shape index (κ1) is 37.6. The molecule has 0 spiro atoms. The van der Waals surface area contributed by atoms with Gasteiger partial charge in [0, 0.05) is 19.3 Å². The van der Waals surface area contributed by atoms with Gasteiger partial charge in [-0.3, -0.25) is 0 Å². The van der Waals surface area contributed by atoms with E-state index in [-0.39, 0.29) is 47.2 Å². The summed E-state index contributed by atoms with van der Waals surface area (Å²) in [5, 5.41) is 22.9. The summed E-state index contributed by atoms with van der Waals surface area (Å²) in [5.41, 5.74) is 0.296. The number of rotatable bonds is 10. The first-order valence-corrected chi connectivity index (χ1v) is 22.6. The van der Waals surface area contributed by atoms with E-state index in [1.807, 2.05) is 0 Å². The predicted octanol–water partition coefficient (Wildman–Crippen LogP) is 6.12. The monoisotopic (exact) mass is 696 g/mol. The lowest BCUT2D eigenvalue weighted by molar-refractivity contribution is -0.323. The van der Waals surface area contributed by atoms with Gasteiger partial charge in [-0.2, -0.15) is 0 Å². The summed E-state index contributed by atoms with van der Waals surface area (Å²) < 4.78 is 34.4. The zero-order valence-electron chi connectivity index (χ0n) is 30.7. The highest BCUT2D eigenvalue weighted by Gasteiger charge is 2.59. The topological polar surface area (TPSA) is 86.6 Å². The predicted molar refractivity (Wildman–Crippen MR) is 197 cm³/mol. The van der Waals surface area contributed by atoms with Gasteiger partial charge in [-0.25, -0.2) is 0 Å². The van der Waals surface area contributed by atoms with Gasteiger partial charge in [-0.1, -0.05) is 114 Å². The van der Waals surface area contributed by atoms with Gasteiger partial charge in [0.1, 0.15) is 11.7 Å². The van der Waals surface area contributed by atoms with Crippen LogP contribution in [0.3, 0.4) is 0 Å². The van der Waals surface area contributed by atoms with E-state index in [0.717, 1.165) is 5.57 Å². The van der Waals surface area contributed by atoms with E-state index in [1.165, 1.54) is 10.4 Å². The van der Waals surface area contributed by atoms with E-state index in [0.29, 0.717) is 32.3 Å². The Kier molecular flexibility index (Phi) is 11.1. The van der Waals surface area contributed by atoms with Crippen LogP contribution in [0.1, 0.15) is 74.1 Å². The smallest absolute Gasteiger partial charge is 0.261 e. The minimum Gasteiger partial charge on any atom is -0.411 e. The van der Waals surface area contributed by atoms with Crippen LogP contribution in [-0.2, 0) is 23.1 Å². The van der Waals surface area contributed by atoms with Gasteiger partial charge in [-0.05, 0) is 46.9 Å². The van der Waals surface area contributed by atoms with Gasteiger partial charge >= 0.3 is 0 Å². The summed E-state index contributed by atoms with van der Waals surface area (Å²) in [6, 6.07) is 21.4. The number of hydrogen-bond acceptors (Lipinski definition) is 7. The lowest BCUT2D eigenvalue weighted by atomic mass is 9.77. The Labute approximate surface area is 291 Å². The van der Waals surface area contributed by atoms with Crippen LogP contribution in [0.25, 0.3) is 0 Å². The maximum atomic E-state index is 10.7. The van der Waals surface area contributed by atoms with Gasteiger partial charge in [0.05, 0.1) is 49.8 Å². The van der Waals surface area contributed by atoms with E-state index in [9.17, 15) is 10.2 Å². The Morgan fingerprint density at radius 2 is 1.46 bits per heavy atom. The molecular weight excluding hydrogens is 637 g/mol. The minimum atomic E-state index is -2.72. The van der Waals surface area contributed by atoms with Gasteiger partial charge in [0.2, 0.25) is 0 Å². The van der Waals surface area contributed by atoms with Gasteiger partial charge in [0.15, 0.2) is 8.32 Å². The molecule has 3 aliphatic heterocycles. The Balaban J connectivity index is 1.39. The Hall–Kier alpha value is -1.67. The van der Waals surface area contributed by atoms with Crippen LogP contribution in [0, 0.1) is 0 Å². The van der Waals surface area contributed by atoms with Gasteiger partial charge in [0.25, 0.3) is 8.32 Å². The second-order valence-electron chi connectivity index (χ2n) is 17.0. The van der Waals surface area contributed by atoms with Crippen LogP contribution in [-0.4, -0.2) is 88.4 Å². The molecule has 2 aromatic carbocycles. The normalized spacial score (nSPS) is 31.5. The fourth-order valence-corrected chi connectivity index (χ4v) is 13.7. The van der Waals surface area contributed by atoms with E-state index in [2.05, 4.69) is 129 Å². The summed E-state index contributed by atoms with van der Waals surface area (Å²) in [7, 11) is -4.90. The van der Waals surface area contributed by atoms with Crippen molar-refractivity contribution in [2.45, 2.75) is 146 Å². The zero-order valence-corrected chi connectivity index (χ0v) is 32.7. The quantitative estimate of drug-likeness (QED) is 0.229. The highest BCUT2D eigenvalue weighted by atomic mass is 28.4. The standard InChI is InChI=1S/C39H60O7Si2/c1-27(26-42-48(38(5,6)7,29-17-13-11-14-18-29)30-19-15-12-16-20-30)21-28-22-36(46-47(9,10)37(2,3)4)39(8)35(43-28)24-32-33(45-39)23-31(41)34(25-40)44-32/h11-20,28,31-36,40-41H,1,21-26H2,2-10H3/t28-,31+,32+,33-,34-,35-,36+,39-/m1/s1. The van der Waals surface area contributed by atoms with E-state index in [4.69, 9.17) is 23.1 Å². The highest BCUT2D eigenvalue weighted by molar-refractivity contribution is 6.99. The lowest BCUT2D eigenvalue weighted by Gasteiger charge is -2.58. The number of ether oxygens (including phenoxy) is 3. The fourth-order valence-electron chi connectivity index (χ4n) is 7.70. The largest absolute Gasteiger partial charge is 0.411 e. The molecule has 3 heterocycles. The zero-order chi connectivity index (χ0) is 35.1. The van der Waals surface area contributed by atoms with Crippen LogP contribution >= 0.6 is 0 Å². The van der Waals surface area contributed by atoms with Crippen LogP contribution in [0.15, 0.2) is 72.8 Å². The molecular formula is C39H60O7Si2. The van der Waals surface area contributed by atoms with Crippen molar-refractivity contribution in [2.24, 2.45) is 0 Å².